The molecule has 0 saturated carbocycles. The number of rotatable bonds is 5. The van der Waals surface area contributed by atoms with Gasteiger partial charge >= 0.3 is 0 Å². The molecular weight excluding hydrogens is 431 g/mol. The number of anilines is 1. The highest BCUT2D eigenvalue weighted by Crippen LogP contribution is 2.32. The Balaban J connectivity index is 1.35. The van der Waals surface area contributed by atoms with Crippen molar-refractivity contribution in [2.45, 2.75) is 25.4 Å². The van der Waals surface area contributed by atoms with Gasteiger partial charge in [0.25, 0.3) is 11.8 Å². The van der Waals surface area contributed by atoms with Gasteiger partial charge < -0.3 is 9.73 Å². The van der Waals surface area contributed by atoms with Gasteiger partial charge in [-0.2, -0.15) is 0 Å². The van der Waals surface area contributed by atoms with Gasteiger partial charge in [0.2, 0.25) is 17.7 Å². The van der Waals surface area contributed by atoms with Crippen LogP contribution in [0.3, 0.4) is 0 Å². The average Bonchev–Trinajstić information content (AvgIpc) is 3.37. The number of carbonyl (C=O) groups excluding carboxylic acids is 4. The van der Waals surface area contributed by atoms with E-state index in [1.54, 1.807) is 24.3 Å². The number of hydrogen-bond acceptors (Lipinski definition) is 7. The molecule has 0 aliphatic carbocycles. The maximum absolute atomic E-state index is 13.1. The van der Waals surface area contributed by atoms with E-state index in [9.17, 15) is 23.6 Å². The molecule has 0 spiro atoms. The number of hydrogen-bond donors (Lipinski definition) is 2. The number of oxazole rings is 1. The van der Waals surface area contributed by atoms with E-state index in [1.807, 2.05) is 0 Å². The number of nitrogens with one attached hydrogen (secondary N) is 2. The van der Waals surface area contributed by atoms with E-state index in [0.717, 1.165) is 4.90 Å². The molecule has 166 valence electrons. The Morgan fingerprint density at radius 3 is 2.64 bits per heavy atom. The van der Waals surface area contributed by atoms with Gasteiger partial charge in [0.05, 0.1) is 23.9 Å². The number of halogens is 1. The summed E-state index contributed by atoms with van der Waals surface area (Å²) >= 11 is 0. The molecule has 2 aromatic carbocycles. The molecule has 9 nitrogen and oxygen atoms in total. The van der Waals surface area contributed by atoms with Gasteiger partial charge in [-0.1, -0.05) is 6.07 Å². The minimum Gasteiger partial charge on any atom is -0.439 e. The molecule has 2 aliphatic rings. The van der Waals surface area contributed by atoms with E-state index < -0.39 is 29.7 Å². The Bertz CT molecular complexity index is 1300. The van der Waals surface area contributed by atoms with Crippen LogP contribution in [0.2, 0.25) is 0 Å². The van der Waals surface area contributed by atoms with Crippen LogP contribution in [0, 0.1) is 5.82 Å². The van der Waals surface area contributed by atoms with E-state index in [2.05, 4.69) is 15.6 Å². The zero-order chi connectivity index (χ0) is 23.1. The molecule has 33 heavy (non-hydrogen) atoms. The summed E-state index contributed by atoms with van der Waals surface area (Å²) in [6.45, 7) is 0.123. The maximum atomic E-state index is 13.1. The first-order chi connectivity index (χ1) is 15.9. The summed E-state index contributed by atoms with van der Waals surface area (Å²) in [7, 11) is 0. The highest BCUT2D eigenvalue weighted by molar-refractivity contribution is 6.25. The molecule has 0 bridgehead atoms. The molecule has 1 unspecified atom stereocenters. The van der Waals surface area contributed by atoms with Crippen LogP contribution in [-0.2, 0) is 16.1 Å². The van der Waals surface area contributed by atoms with Gasteiger partial charge in [0, 0.05) is 17.7 Å². The number of fused-ring (bicyclic) bond motifs is 1. The van der Waals surface area contributed by atoms with Crippen LogP contribution < -0.4 is 10.6 Å². The number of nitrogens with zero attached hydrogens (tertiary/aromatic N) is 2. The van der Waals surface area contributed by atoms with Crippen LogP contribution in [0.1, 0.15) is 39.4 Å². The van der Waals surface area contributed by atoms with Crippen LogP contribution in [0.5, 0.6) is 0 Å². The number of aromatic nitrogens is 1. The molecular formula is C23H17FN4O5. The molecule has 3 heterocycles. The molecule has 1 aromatic heterocycles. The summed E-state index contributed by atoms with van der Waals surface area (Å²) in [6.07, 6.45) is 1.65. The Hall–Kier alpha value is -4.34. The highest BCUT2D eigenvalue weighted by atomic mass is 19.1. The molecule has 5 rings (SSSR count). The van der Waals surface area contributed by atoms with E-state index in [1.165, 1.54) is 24.4 Å². The molecule has 10 heteroatoms. The van der Waals surface area contributed by atoms with Crippen molar-refractivity contribution in [3.8, 4) is 11.3 Å². The van der Waals surface area contributed by atoms with Crippen LogP contribution in [0.15, 0.2) is 53.1 Å². The Labute approximate surface area is 186 Å². The molecule has 1 atom stereocenters. The van der Waals surface area contributed by atoms with Crippen molar-refractivity contribution in [1.29, 1.82) is 0 Å². The second kappa shape index (κ2) is 7.97. The van der Waals surface area contributed by atoms with Gasteiger partial charge in [-0.05, 0) is 42.8 Å². The van der Waals surface area contributed by atoms with Crippen molar-refractivity contribution in [3.05, 3.63) is 71.5 Å². The number of amides is 4. The molecule has 2 N–H and O–H groups in total. The third-order valence-corrected chi connectivity index (χ3v) is 5.58. The van der Waals surface area contributed by atoms with Gasteiger partial charge in [-0.15, -0.1) is 0 Å². The fraction of sp³-hybridized carbons (Fsp3) is 0.174. The lowest BCUT2D eigenvalue weighted by Crippen LogP contribution is -2.54. The Morgan fingerprint density at radius 2 is 1.88 bits per heavy atom. The summed E-state index contributed by atoms with van der Waals surface area (Å²) in [5.74, 6) is -1.85. The smallest absolute Gasteiger partial charge is 0.264 e. The molecule has 3 aromatic rings. The number of carbonyl (C=O) groups is 4. The lowest BCUT2D eigenvalue weighted by molar-refractivity contribution is -0.136. The zero-order valence-corrected chi connectivity index (χ0v) is 17.1. The fourth-order valence-electron chi connectivity index (χ4n) is 3.97. The summed E-state index contributed by atoms with van der Waals surface area (Å²) in [6, 6.07) is 9.54. The topological polar surface area (TPSA) is 122 Å². The number of benzene rings is 2. The van der Waals surface area contributed by atoms with Crippen LogP contribution in [0.4, 0.5) is 10.1 Å². The van der Waals surface area contributed by atoms with E-state index >= 15 is 0 Å². The van der Waals surface area contributed by atoms with E-state index in [0.29, 0.717) is 22.9 Å². The summed E-state index contributed by atoms with van der Waals surface area (Å²) in [4.78, 5) is 54.8. The van der Waals surface area contributed by atoms with Crippen molar-refractivity contribution in [1.82, 2.24) is 15.2 Å². The van der Waals surface area contributed by atoms with Crippen LogP contribution in [-0.4, -0.2) is 39.6 Å². The molecule has 1 fully saturated rings. The van der Waals surface area contributed by atoms with Crippen LogP contribution >= 0.6 is 0 Å². The van der Waals surface area contributed by atoms with E-state index in [-0.39, 0.29) is 36.3 Å². The van der Waals surface area contributed by atoms with Crippen molar-refractivity contribution in [2.75, 3.05) is 5.32 Å². The minimum absolute atomic E-state index is 0.0511. The lowest BCUT2D eigenvalue weighted by Gasteiger charge is -2.27. The van der Waals surface area contributed by atoms with Gasteiger partial charge in [0.1, 0.15) is 11.9 Å². The van der Waals surface area contributed by atoms with Crippen molar-refractivity contribution in [3.63, 3.8) is 0 Å². The summed E-state index contributed by atoms with van der Waals surface area (Å²) in [5, 5.41) is 5.23. The van der Waals surface area contributed by atoms with E-state index in [4.69, 9.17) is 4.42 Å². The summed E-state index contributed by atoms with van der Waals surface area (Å²) in [5.41, 5.74) is 1.38. The number of piperidine rings is 1. The second-order valence-electron chi connectivity index (χ2n) is 7.65. The monoisotopic (exact) mass is 448 g/mol. The normalized spacial score (nSPS) is 17.8. The quantitative estimate of drug-likeness (QED) is 0.575. The third-order valence-electron chi connectivity index (χ3n) is 5.58. The predicted octanol–water partition coefficient (Wildman–Crippen LogP) is 2.49. The SMILES string of the molecule is O=C1CCC(N2C(=O)c3cccc(NCc4ncc(-c5ccc(F)cc5)o4)c3C2=O)C(=O)N1. The first-order valence-electron chi connectivity index (χ1n) is 10.2. The first kappa shape index (κ1) is 20.6. The van der Waals surface area contributed by atoms with Crippen molar-refractivity contribution < 1.29 is 28.0 Å². The minimum atomic E-state index is -1.03. The van der Waals surface area contributed by atoms with Crippen LogP contribution in [0.25, 0.3) is 11.3 Å². The Kier molecular flexibility index (Phi) is 4.97. The Morgan fingerprint density at radius 1 is 1.09 bits per heavy atom. The highest BCUT2D eigenvalue weighted by Gasteiger charge is 2.45. The van der Waals surface area contributed by atoms with Gasteiger partial charge in [-0.3, -0.25) is 29.4 Å². The molecule has 0 radical (unpaired) electrons. The zero-order valence-electron chi connectivity index (χ0n) is 17.1. The second-order valence-corrected chi connectivity index (χ2v) is 7.65. The maximum Gasteiger partial charge on any atom is 0.264 e. The molecule has 1 saturated heterocycles. The van der Waals surface area contributed by atoms with Gasteiger partial charge in [0.15, 0.2) is 5.76 Å². The molecule has 4 amide bonds. The number of imide groups is 2. The predicted molar refractivity (Wildman–Crippen MR) is 112 cm³/mol. The first-order valence-corrected chi connectivity index (χ1v) is 10.2. The van der Waals surface area contributed by atoms with Crippen molar-refractivity contribution >= 4 is 29.3 Å². The largest absolute Gasteiger partial charge is 0.439 e. The standard InChI is InChI=1S/C23H17FN4O5/c24-13-6-4-12(5-7-13)17-10-26-19(33-17)11-25-15-3-1-2-14-20(15)23(32)28(22(14)31)16-8-9-18(29)27-21(16)30/h1-7,10,16,25H,8-9,11H2,(H,27,29,30). The fourth-order valence-corrected chi connectivity index (χ4v) is 3.97. The third kappa shape index (κ3) is 3.65. The molecule has 2 aliphatic heterocycles. The van der Waals surface area contributed by atoms with Gasteiger partial charge in [-0.25, -0.2) is 9.37 Å². The summed E-state index contributed by atoms with van der Waals surface area (Å²) < 4.78 is 18.8. The van der Waals surface area contributed by atoms with Crippen molar-refractivity contribution in [2.24, 2.45) is 0 Å². The lowest BCUT2D eigenvalue weighted by atomic mass is 10.0. The average molecular weight is 448 g/mol.